The van der Waals surface area contributed by atoms with Crippen molar-refractivity contribution in [2.75, 3.05) is 32.1 Å². The zero-order chi connectivity index (χ0) is 13.4. The molecule has 0 radical (unpaired) electrons. The lowest BCUT2D eigenvalue weighted by molar-refractivity contribution is -0.143. The van der Waals surface area contributed by atoms with Crippen molar-refractivity contribution in [1.82, 2.24) is 5.32 Å². The molecule has 0 bridgehead atoms. The van der Waals surface area contributed by atoms with Crippen LogP contribution in [0.2, 0.25) is 0 Å². The average molecular weight is 250 g/mol. The molecule has 0 aliphatic carbocycles. The number of nitrogens with one attached hydrogen (secondary N) is 1. The Labute approximate surface area is 109 Å². The number of hydrogen-bond acceptors (Lipinski definition) is 4. The maximum atomic E-state index is 10.9. The van der Waals surface area contributed by atoms with E-state index in [1.54, 1.807) is 6.92 Å². The first-order valence-electron chi connectivity index (χ1n) is 6.26. The standard InChI is InChI=1S/C14H22N2O2/c1-4-14(17)18-10-9-15-11-12-5-7-13(8-6-12)16(2)3/h5-8,15H,4,9-11H2,1-3H3. The van der Waals surface area contributed by atoms with Gasteiger partial charge >= 0.3 is 5.97 Å². The monoisotopic (exact) mass is 250 g/mol. The average Bonchev–Trinajstić information content (AvgIpc) is 2.38. The van der Waals surface area contributed by atoms with Gasteiger partial charge in [0.05, 0.1) is 0 Å². The molecule has 0 aliphatic heterocycles. The number of benzene rings is 1. The molecule has 0 aliphatic rings. The van der Waals surface area contributed by atoms with E-state index in [0.717, 1.165) is 6.54 Å². The molecule has 0 spiro atoms. The largest absolute Gasteiger partial charge is 0.464 e. The van der Waals surface area contributed by atoms with Crippen molar-refractivity contribution in [2.45, 2.75) is 19.9 Å². The van der Waals surface area contributed by atoms with E-state index >= 15 is 0 Å². The van der Waals surface area contributed by atoms with Gasteiger partial charge in [0.15, 0.2) is 0 Å². The zero-order valence-electron chi connectivity index (χ0n) is 11.4. The van der Waals surface area contributed by atoms with Gasteiger partial charge in [0.1, 0.15) is 6.61 Å². The lowest BCUT2D eigenvalue weighted by Crippen LogP contribution is -2.20. The Morgan fingerprint density at radius 3 is 2.50 bits per heavy atom. The summed E-state index contributed by atoms with van der Waals surface area (Å²) in [5.74, 6) is -0.146. The molecule has 0 saturated heterocycles. The Kier molecular flexibility index (Phi) is 6.22. The van der Waals surface area contributed by atoms with E-state index in [-0.39, 0.29) is 5.97 Å². The molecule has 0 atom stereocenters. The topological polar surface area (TPSA) is 41.6 Å². The second-order valence-electron chi connectivity index (χ2n) is 4.31. The fourth-order valence-corrected chi connectivity index (χ4v) is 1.48. The highest BCUT2D eigenvalue weighted by atomic mass is 16.5. The fraction of sp³-hybridized carbons (Fsp3) is 0.500. The van der Waals surface area contributed by atoms with Crippen LogP contribution in [0.1, 0.15) is 18.9 Å². The lowest BCUT2D eigenvalue weighted by Gasteiger charge is -2.12. The van der Waals surface area contributed by atoms with Crippen molar-refractivity contribution in [2.24, 2.45) is 0 Å². The first kappa shape index (κ1) is 14.5. The summed E-state index contributed by atoms with van der Waals surface area (Å²) in [6.45, 7) is 3.70. The third kappa shape index (κ3) is 5.19. The molecule has 0 aromatic heterocycles. The van der Waals surface area contributed by atoms with Crippen LogP contribution in [0.25, 0.3) is 0 Å². The summed E-state index contributed by atoms with van der Waals surface area (Å²) in [6, 6.07) is 8.38. The quantitative estimate of drug-likeness (QED) is 0.592. The van der Waals surface area contributed by atoms with Gasteiger partial charge in [-0.05, 0) is 17.7 Å². The van der Waals surface area contributed by atoms with E-state index in [1.807, 2.05) is 14.1 Å². The van der Waals surface area contributed by atoms with Gasteiger partial charge < -0.3 is 15.0 Å². The molecule has 18 heavy (non-hydrogen) atoms. The Morgan fingerprint density at radius 2 is 1.94 bits per heavy atom. The van der Waals surface area contributed by atoms with Crippen molar-refractivity contribution in [3.05, 3.63) is 29.8 Å². The minimum absolute atomic E-state index is 0.146. The van der Waals surface area contributed by atoms with Gasteiger partial charge in [-0.15, -0.1) is 0 Å². The minimum atomic E-state index is -0.146. The van der Waals surface area contributed by atoms with Gasteiger partial charge in [0.25, 0.3) is 0 Å². The highest BCUT2D eigenvalue weighted by Gasteiger charge is 1.98. The smallest absolute Gasteiger partial charge is 0.305 e. The van der Waals surface area contributed by atoms with Crippen LogP contribution in [0.15, 0.2) is 24.3 Å². The van der Waals surface area contributed by atoms with Gasteiger partial charge in [-0.1, -0.05) is 19.1 Å². The summed E-state index contributed by atoms with van der Waals surface area (Å²) in [5.41, 5.74) is 2.41. The highest BCUT2D eigenvalue weighted by molar-refractivity contribution is 5.68. The molecular formula is C14H22N2O2. The number of esters is 1. The Hall–Kier alpha value is -1.55. The fourth-order valence-electron chi connectivity index (χ4n) is 1.48. The predicted octanol–water partition coefficient (Wildman–Crippen LogP) is 1.80. The minimum Gasteiger partial charge on any atom is -0.464 e. The first-order chi connectivity index (χ1) is 8.63. The third-order valence-corrected chi connectivity index (χ3v) is 2.61. The van der Waals surface area contributed by atoms with Gasteiger partial charge in [0.2, 0.25) is 0 Å². The third-order valence-electron chi connectivity index (χ3n) is 2.61. The molecule has 1 aromatic carbocycles. The number of carbonyl (C=O) groups is 1. The molecule has 4 nitrogen and oxygen atoms in total. The van der Waals surface area contributed by atoms with Crippen LogP contribution in [0.5, 0.6) is 0 Å². The van der Waals surface area contributed by atoms with Gasteiger partial charge in [-0.25, -0.2) is 0 Å². The van der Waals surface area contributed by atoms with Crippen molar-refractivity contribution < 1.29 is 9.53 Å². The molecule has 1 N–H and O–H groups in total. The summed E-state index contributed by atoms with van der Waals surface area (Å²) in [5, 5.41) is 3.24. The van der Waals surface area contributed by atoms with Crippen LogP contribution in [0.4, 0.5) is 5.69 Å². The van der Waals surface area contributed by atoms with Crippen LogP contribution >= 0.6 is 0 Å². The molecular weight excluding hydrogens is 228 g/mol. The molecule has 0 unspecified atom stereocenters. The molecule has 0 amide bonds. The summed E-state index contributed by atoms with van der Waals surface area (Å²) in [4.78, 5) is 13.0. The number of hydrogen-bond donors (Lipinski definition) is 1. The maximum absolute atomic E-state index is 10.9. The molecule has 4 heteroatoms. The van der Waals surface area contributed by atoms with Crippen LogP contribution < -0.4 is 10.2 Å². The van der Waals surface area contributed by atoms with Gasteiger partial charge in [-0.2, -0.15) is 0 Å². The SMILES string of the molecule is CCC(=O)OCCNCc1ccc(N(C)C)cc1. The predicted molar refractivity (Wildman–Crippen MR) is 73.7 cm³/mol. The summed E-state index contributed by atoms with van der Waals surface area (Å²) in [7, 11) is 4.05. The van der Waals surface area contributed by atoms with Crippen molar-refractivity contribution >= 4 is 11.7 Å². The molecule has 1 aromatic rings. The summed E-state index contributed by atoms with van der Waals surface area (Å²) >= 11 is 0. The van der Waals surface area contributed by atoms with Crippen LogP contribution in [0.3, 0.4) is 0 Å². The van der Waals surface area contributed by atoms with Crippen molar-refractivity contribution in [1.29, 1.82) is 0 Å². The van der Waals surface area contributed by atoms with Crippen LogP contribution in [-0.2, 0) is 16.1 Å². The van der Waals surface area contributed by atoms with E-state index in [1.165, 1.54) is 11.3 Å². The number of nitrogens with zero attached hydrogens (tertiary/aromatic N) is 1. The lowest BCUT2D eigenvalue weighted by atomic mass is 10.2. The van der Waals surface area contributed by atoms with Gasteiger partial charge in [0, 0.05) is 39.3 Å². The number of anilines is 1. The first-order valence-corrected chi connectivity index (χ1v) is 6.26. The van der Waals surface area contributed by atoms with E-state index in [0.29, 0.717) is 19.6 Å². The van der Waals surface area contributed by atoms with Crippen LogP contribution in [-0.4, -0.2) is 33.2 Å². The Balaban J connectivity index is 2.21. The number of carbonyl (C=O) groups excluding carboxylic acids is 1. The maximum Gasteiger partial charge on any atom is 0.305 e. The second-order valence-corrected chi connectivity index (χ2v) is 4.31. The highest BCUT2D eigenvalue weighted by Crippen LogP contribution is 2.11. The summed E-state index contributed by atoms with van der Waals surface area (Å²) < 4.78 is 4.97. The Morgan fingerprint density at radius 1 is 1.28 bits per heavy atom. The van der Waals surface area contributed by atoms with Crippen LogP contribution in [0, 0.1) is 0 Å². The Bertz CT molecular complexity index is 361. The molecule has 100 valence electrons. The number of rotatable bonds is 7. The summed E-state index contributed by atoms with van der Waals surface area (Å²) in [6.07, 6.45) is 0.437. The normalized spacial score (nSPS) is 10.2. The van der Waals surface area contributed by atoms with E-state index < -0.39 is 0 Å². The molecule has 0 saturated carbocycles. The second kappa shape index (κ2) is 7.71. The van der Waals surface area contributed by atoms with Gasteiger partial charge in [-0.3, -0.25) is 4.79 Å². The van der Waals surface area contributed by atoms with E-state index in [2.05, 4.69) is 34.5 Å². The van der Waals surface area contributed by atoms with E-state index in [9.17, 15) is 4.79 Å². The van der Waals surface area contributed by atoms with E-state index in [4.69, 9.17) is 4.74 Å². The van der Waals surface area contributed by atoms with Crippen molar-refractivity contribution in [3.8, 4) is 0 Å². The number of ether oxygens (including phenoxy) is 1. The molecule has 1 rings (SSSR count). The molecule has 0 fully saturated rings. The van der Waals surface area contributed by atoms with Crippen molar-refractivity contribution in [3.63, 3.8) is 0 Å². The zero-order valence-corrected chi connectivity index (χ0v) is 11.4. The molecule has 0 heterocycles.